The van der Waals surface area contributed by atoms with Crippen LogP contribution in [0.1, 0.15) is 24.8 Å². The van der Waals surface area contributed by atoms with Crippen LogP contribution in [0.25, 0.3) is 21.9 Å². The Morgan fingerprint density at radius 3 is 2.65 bits per heavy atom. The third-order valence-corrected chi connectivity index (χ3v) is 6.40. The van der Waals surface area contributed by atoms with Crippen molar-refractivity contribution >= 4 is 27.8 Å². The smallest absolute Gasteiger partial charge is 0.336 e. The molecule has 0 spiro atoms. The van der Waals surface area contributed by atoms with Gasteiger partial charge < -0.3 is 18.6 Å². The van der Waals surface area contributed by atoms with Gasteiger partial charge >= 0.3 is 5.63 Å². The Bertz CT molecular complexity index is 1340. The molecule has 8 heteroatoms. The van der Waals surface area contributed by atoms with Gasteiger partial charge in [0.25, 0.3) is 0 Å². The summed E-state index contributed by atoms with van der Waals surface area (Å²) >= 11 is 0. The van der Waals surface area contributed by atoms with Crippen LogP contribution in [0.2, 0.25) is 0 Å². The van der Waals surface area contributed by atoms with Gasteiger partial charge in [-0.3, -0.25) is 4.90 Å². The lowest BCUT2D eigenvalue weighted by molar-refractivity contribution is 0.245. The van der Waals surface area contributed by atoms with Crippen molar-refractivity contribution in [1.29, 1.82) is 0 Å². The highest BCUT2D eigenvalue weighted by Crippen LogP contribution is 2.27. The average Bonchev–Trinajstić information content (AvgIpc) is 3.24. The van der Waals surface area contributed by atoms with Crippen molar-refractivity contribution in [3.05, 3.63) is 64.3 Å². The summed E-state index contributed by atoms with van der Waals surface area (Å²) in [5.74, 6) is 1.21. The molecule has 0 saturated carbocycles. The first-order valence-electron chi connectivity index (χ1n) is 11.8. The van der Waals surface area contributed by atoms with Gasteiger partial charge in [0.2, 0.25) is 0 Å². The van der Waals surface area contributed by atoms with Gasteiger partial charge in [0.1, 0.15) is 17.1 Å². The SMILES string of the molecule is Cc1cc(=O)oc2cc(OCCCCCN3CCN(c4noc5cc(F)ccc45)CC3)ccc12. The van der Waals surface area contributed by atoms with E-state index in [9.17, 15) is 9.18 Å². The molecule has 34 heavy (non-hydrogen) atoms. The van der Waals surface area contributed by atoms with Crippen LogP contribution in [0.4, 0.5) is 10.2 Å². The van der Waals surface area contributed by atoms with Crippen LogP contribution in [0, 0.1) is 12.7 Å². The molecule has 0 unspecified atom stereocenters. The maximum Gasteiger partial charge on any atom is 0.336 e. The van der Waals surface area contributed by atoms with Crippen LogP contribution in [-0.4, -0.2) is 49.4 Å². The van der Waals surface area contributed by atoms with Crippen molar-refractivity contribution < 1.29 is 18.1 Å². The van der Waals surface area contributed by atoms with Crippen molar-refractivity contribution in [3.8, 4) is 5.75 Å². The van der Waals surface area contributed by atoms with E-state index >= 15 is 0 Å². The number of piperazine rings is 1. The highest BCUT2D eigenvalue weighted by Gasteiger charge is 2.21. The van der Waals surface area contributed by atoms with Gasteiger partial charge in [-0.05, 0) is 62.6 Å². The minimum Gasteiger partial charge on any atom is -0.493 e. The molecule has 2 aromatic carbocycles. The normalized spacial score (nSPS) is 14.8. The number of fused-ring (bicyclic) bond motifs is 2. The van der Waals surface area contributed by atoms with E-state index in [1.165, 1.54) is 18.2 Å². The lowest BCUT2D eigenvalue weighted by atomic mass is 10.1. The number of unbranched alkanes of at least 4 members (excludes halogenated alkanes) is 2. The second kappa shape index (κ2) is 9.85. The van der Waals surface area contributed by atoms with Gasteiger partial charge in [0, 0.05) is 49.8 Å². The molecule has 5 rings (SSSR count). The molecule has 178 valence electrons. The first-order chi connectivity index (χ1) is 16.6. The molecule has 0 amide bonds. The van der Waals surface area contributed by atoms with E-state index in [1.54, 1.807) is 12.1 Å². The molecule has 0 atom stereocenters. The summed E-state index contributed by atoms with van der Waals surface area (Å²) in [5, 5.41) is 5.95. The van der Waals surface area contributed by atoms with E-state index in [0.717, 1.165) is 79.9 Å². The molecule has 7 nitrogen and oxygen atoms in total. The maximum atomic E-state index is 13.4. The number of hydrogen-bond donors (Lipinski definition) is 0. The first-order valence-corrected chi connectivity index (χ1v) is 11.8. The lowest BCUT2D eigenvalue weighted by Gasteiger charge is -2.34. The van der Waals surface area contributed by atoms with E-state index in [4.69, 9.17) is 13.7 Å². The average molecular weight is 466 g/mol. The zero-order valence-electron chi connectivity index (χ0n) is 19.3. The molecular formula is C26H28FN3O4. The second-order valence-corrected chi connectivity index (χ2v) is 8.79. The summed E-state index contributed by atoms with van der Waals surface area (Å²) in [6.45, 7) is 7.27. The summed E-state index contributed by atoms with van der Waals surface area (Å²) in [6.07, 6.45) is 3.17. The molecule has 0 aliphatic carbocycles. The zero-order valence-corrected chi connectivity index (χ0v) is 19.3. The zero-order chi connectivity index (χ0) is 23.5. The largest absolute Gasteiger partial charge is 0.493 e. The Kier molecular flexibility index (Phi) is 6.49. The van der Waals surface area contributed by atoms with Gasteiger partial charge in [0.15, 0.2) is 11.4 Å². The molecule has 1 aliphatic heterocycles. The van der Waals surface area contributed by atoms with Crippen molar-refractivity contribution in [2.24, 2.45) is 0 Å². The number of anilines is 1. The maximum absolute atomic E-state index is 13.4. The summed E-state index contributed by atoms with van der Waals surface area (Å²) in [7, 11) is 0. The predicted molar refractivity (Wildman–Crippen MR) is 129 cm³/mol. The Morgan fingerprint density at radius 2 is 1.79 bits per heavy atom. The van der Waals surface area contributed by atoms with Crippen LogP contribution in [0.15, 0.2) is 56.2 Å². The van der Waals surface area contributed by atoms with Gasteiger partial charge in [-0.2, -0.15) is 0 Å². The Balaban J connectivity index is 1.02. The Labute approximate surface area is 196 Å². The number of rotatable bonds is 8. The minimum absolute atomic E-state index is 0.314. The molecule has 3 heterocycles. The lowest BCUT2D eigenvalue weighted by Crippen LogP contribution is -2.46. The third-order valence-electron chi connectivity index (χ3n) is 6.40. The molecule has 0 radical (unpaired) electrons. The van der Waals surface area contributed by atoms with Gasteiger partial charge in [-0.25, -0.2) is 9.18 Å². The quantitative estimate of drug-likeness (QED) is 0.275. The van der Waals surface area contributed by atoms with Gasteiger partial charge in [-0.1, -0.05) is 5.16 Å². The van der Waals surface area contributed by atoms with Crippen molar-refractivity contribution in [1.82, 2.24) is 10.1 Å². The van der Waals surface area contributed by atoms with Crippen molar-refractivity contribution in [3.63, 3.8) is 0 Å². The molecule has 2 aromatic heterocycles. The predicted octanol–water partition coefficient (Wildman–Crippen LogP) is 4.75. The van der Waals surface area contributed by atoms with Crippen LogP contribution in [0.5, 0.6) is 5.75 Å². The standard InChI is InChI=1S/C26H28FN3O4/c1-18-15-25(31)33-23-17-20(6-8-21(18)23)32-14-4-2-3-9-29-10-12-30(13-11-29)26-22-7-5-19(27)16-24(22)34-28-26/h5-8,15-17H,2-4,9-14H2,1H3. The topological polar surface area (TPSA) is 72.0 Å². The number of nitrogens with zero attached hydrogens (tertiary/aromatic N) is 3. The molecule has 4 aromatic rings. The van der Waals surface area contributed by atoms with Crippen LogP contribution in [-0.2, 0) is 0 Å². The second-order valence-electron chi connectivity index (χ2n) is 8.79. The summed E-state index contributed by atoms with van der Waals surface area (Å²) < 4.78 is 29.8. The molecular weight excluding hydrogens is 437 g/mol. The number of halogens is 1. The number of ether oxygens (including phenoxy) is 1. The van der Waals surface area contributed by atoms with E-state index in [-0.39, 0.29) is 11.4 Å². The van der Waals surface area contributed by atoms with Gasteiger partial charge in [0.05, 0.1) is 12.0 Å². The van der Waals surface area contributed by atoms with Gasteiger partial charge in [-0.15, -0.1) is 0 Å². The van der Waals surface area contributed by atoms with E-state index in [1.807, 2.05) is 19.1 Å². The fraction of sp³-hybridized carbons (Fsp3) is 0.385. The summed E-state index contributed by atoms with van der Waals surface area (Å²) in [5.41, 5.74) is 1.62. The van der Waals surface area contributed by atoms with Crippen LogP contribution >= 0.6 is 0 Å². The first kappa shape index (κ1) is 22.4. The van der Waals surface area contributed by atoms with Crippen molar-refractivity contribution in [2.45, 2.75) is 26.2 Å². The molecule has 1 saturated heterocycles. The highest BCUT2D eigenvalue weighted by atomic mass is 19.1. The molecule has 0 N–H and O–H groups in total. The fourth-order valence-corrected chi connectivity index (χ4v) is 4.51. The number of hydrogen-bond acceptors (Lipinski definition) is 7. The minimum atomic E-state index is -0.340. The summed E-state index contributed by atoms with van der Waals surface area (Å²) in [4.78, 5) is 16.3. The third kappa shape index (κ3) is 4.92. The van der Waals surface area contributed by atoms with Crippen LogP contribution < -0.4 is 15.3 Å². The van der Waals surface area contributed by atoms with E-state index in [0.29, 0.717) is 17.8 Å². The van der Waals surface area contributed by atoms with E-state index in [2.05, 4.69) is 15.0 Å². The molecule has 0 bridgehead atoms. The number of benzene rings is 2. The highest BCUT2D eigenvalue weighted by molar-refractivity contribution is 5.88. The Morgan fingerprint density at radius 1 is 0.971 bits per heavy atom. The molecule has 1 fully saturated rings. The molecule has 1 aliphatic rings. The monoisotopic (exact) mass is 465 g/mol. The fourth-order valence-electron chi connectivity index (χ4n) is 4.51. The van der Waals surface area contributed by atoms with Crippen LogP contribution in [0.3, 0.4) is 0 Å². The summed E-state index contributed by atoms with van der Waals surface area (Å²) in [6, 6.07) is 11.7. The van der Waals surface area contributed by atoms with Crippen molar-refractivity contribution in [2.75, 3.05) is 44.2 Å². The Hall–Kier alpha value is -3.39. The number of aromatic nitrogens is 1. The van der Waals surface area contributed by atoms with E-state index < -0.39 is 0 Å². The number of aryl methyl sites for hydroxylation is 1.